The zero-order valence-corrected chi connectivity index (χ0v) is 12.0. The van der Waals surface area contributed by atoms with Gasteiger partial charge in [-0.3, -0.25) is 9.59 Å². The molecule has 2 aromatic carbocycles. The van der Waals surface area contributed by atoms with Crippen molar-refractivity contribution in [2.24, 2.45) is 0 Å². The molecule has 0 radical (unpaired) electrons. The number of ether oxygens (including phenoxy) is 1. The fourth-order valence-electron chi connectivity index (χ4n) is 2.04. The van der Waals surface area contributed by atoms with Gasteiger partial charge < -0.3 is 9.64 Å². The largest absolute Gasteiger partial charge is 0.423 e. The lowest BCUT2D eigenvalue weighted by atomic mass is 10.0. The Morgan fingerprint density at radius 1 is 1.00 bits per heavy atom. The highest BCUT2D eigenvalue weighted by Gasteiger charge is 2.40. The molecule has 5 heteroatoms. The van der Waals surface area contributed by atoms with E-state index in [4.69, 9.17) is 4.74 Å². The summed E-state index contributed by atoms with van der Waals surface area (Å²) in [6, 6.07) is 16.7. The lowest BCUT2D eigenvalue weighted by Crippen LogP contribution is -2.48. The van der Waals surface area contributed by atoms with Crippen LogP contribution in [-0.2, 0) is 20.1 Å². The minimum Gasteiger partial charge on any atom is -0.423 e. The van der Waals surface area contributed by atoms with Crippen LogP contribution in [0.2, 0.25) is 0 Å². The maximum atomic E-state index is 12.3. The number of rotatable bonds is 6. The summed E-state index contributed by atoms with van der Waals surface area (Å²) in [5.74, 6) is -0.690. The molecule has 5 nitrogen and oxygen atoms in total. The van der Waals surface area contributed by atoms with Crippen molar-refractivity contribution in [1.29, 1.82) is 0 Å². The molecule has 2 rings (SSSR count). The molecule has 1 unspecified atom stereocenters. The zero-order valence-electron chi connectivity index (χ0n) is 12.0. The first-order valence-electron chi connectivity index (χ1n) is 6.62. The van der Waals surface area contributed by atoms with Crippen LogP contribution < -0.4 is 0 Å². The van der Waals surface area contributed by atoms with Gasteiger partial charge in [-0.25, -0.2) is 4.79 Å². The third kappa shape index (κ3) is 2.88. The summed E-state index contributed by atoms with van der Waals surface area (Å²) >= 11 is 0. The Balaban J connectivity index is 2.43. The van der Waals surface area contributed by atoms with Gasteiger partial charge in [0.15, 0.2) is 6.29 Å². The first kappa shape index (κ1) is 15.4. The van der Waals surface area contributed by atoms with Gasteiger partial charge in [0.1, 0.15) is 0 Å². The summed E-state index contributed by atoms with van der Waals surface area (Å²) in [6.45, 7) is 0. The lowest BCUT2D eigenvalue weighted by molar-refractivity contribution is -0.157. The van der Waals surface area contributed by atoms with Gasteiger partial charge in [0.05, 0.1) is 5.56 Å². The number of likely N-dealkylation sites (N-methyl/N-ethyl adjacent to an activating group) is 1. The smallest absolute Gasteiger partial charge is 0.340 e. The molecule has 0 fully saturated rings. The molecule has 1 amide bonds. The van der Waals surface area contributed by atoms with Crippen molar-refractivity contribution in [3.63, 3.8) is 0 Å². The average Bonchev–Trinajstić information content (AvgIpc) is 2.60. The molecule has 0 heterocycles. The predicted molar refractivity (Wildman–Crippen MR) is 79.9 cm³/mol. The van der Waals surface area contributed by atoms with E-state index in [9.17, 15) is 14.4 Å². The maximum absolute atomic E-state index is 12.3. The van der Waals surface area contributed by atoms with Crippen LogP contribution in [0.1, 0.15) is 15.9 Å². The number of hydrogen-bond acceptors (Lipinski definition) is 4. The van der Waals surface area contributed by atoms with Crippen molar-refractivity contribution >= 4 is 18.7 Å². The Morgan fingerprint density at radius 3 is 2.05 bits per heavy atom. The number of hydrogen-bond donors (Lipinski definition) is 0. The molecular weight excluding hydrogens is 282 g/mol. The molecule has 1 atom stereocenters. The van der Waals surface area contributed by atoms with Gasteiger partial charge in [0.2, 0.25) is 6.41 Å². The summed E-state index contributed by atoms with van der Waals surface area (Å²) in [5, 5.41) is 0. The number of amides is 1. The molecule has 0 spiro atoms. The topological polar surface area (TPSA) is 63.7 Å². The number of benzene rings is 2. The van der Waals surface area contributed by atoms with E-state index in [1.165, 1.54) is 7.05 Å². The molecule has 0 bridgehead atoms. The van der Waals surface area contributed by atoms with Gasteiger partial charge in [-0.2, -0.15) is 0 Å². The van der Waals surface area contributed by atoms with Crippen molar-refractivity contribution in [2.45, 2.75) is 5.72 Å². The molecule has 112 valence electrons. The second-order valence-corrected chi connectivity index (χ2v) is 4.65. The Bertz CT molecular complexity index is 657. The van der Waals surface area contributed by atoms with E-state index < -0.39 is 11.7 Å². The Morgan fingerprint density at radius 2 is 1.55 bits per heavy atom. The Labute approximate surface area is 128 Å². The van der Waals surface area contributed by atoms with Crippen LogP contribution in [0.15, 0.2) is 60.7 Å². The number of carbonyl (C=O) groups is 3. The molecule has 22 heavy (non-hydrogen) atoms. The van der Waals surface area contributed by atoms with E-state index in [-0.39, 0.29) is 0 Å². The fraction of sp³-hybridized carbons (Fsp3) is 0.118. The lowest BCUT2D eigenvalue weighted by Gasteiger charge is -2.34. The van der Waals surface area contributed by atoms with E-state index in [0.717, 1.165) is 4.90 Å². The summed E-state index contributed by atoms with van der Waals surface area (Å²) in [7, 11) is 1.38. The van der Waals surface area contributed by atoms with E-state index in [1.54, 1.807) is 60.7 Å². The summed E-state index contributed by atoms with van der Waals surface area (Å²) < 4.78 is 5.40. The zero-order chi connectivity index (χ0) is 16.0. The quantitative estimate of drug-likeness (QED) is 0.464. The highest BCUT2D eigenvalue weighted by molar-refractivity contribution is 5.91. The molecule has 0 aliphatic carbocycles. The van der Waals surface area contributed by atoms with Crippen LogP contribution in [0.4, 0.5) is 0 Å². The van der Waals surface area contributed by atoms with Crippen LogP contribution in [0.5, 0.6) is 0 Å². The van der Waals surface area contributed by atoms with Crippen molar-refractivity contribution in [1.82, 2.24) is 4.90 Å². The molecule has 0 aliphatic rings. The van der Waals surface area contributed by atoms with Crippen LogP contribution in [-0.4, -0.2) is 30.6 Å². The van der Waals surface area contributed by atoms with Gasteiger partial charge in [-0.1, -0.05) is 48.5 Å². The fourth-order valence-corrected chi connectivity index (χ4v) is 2.04. The van der Waals surface area contributed by atoms with E-state index in [1.807, 2.05) is 0 Å². The third-order valence-corrected chi connectivity index (χ3v) is 3.29. The minimum absolute atomic E-state index is 0.295. The van der Waals surface area contributed by atoms with Gasteiger partial charge in [-0.05, 0) is 12.1 Å². The Hall–Kier alpha value is -2.95. The number of aldehydes is 1. The van der Waals surface area contributed by atoms with Gasteiger partial charge in [0.25, 0.3) is 5.72 Å². The van der Waals surface area contributed by atoms with Crippen LogP contribution >= 0.6 is 0 Å². The highest BCUT2D eigenvalue weighted by atomic mass is 16.6. The van der Waals surface area contributed by atoms with Crippen LogP contribution in [0, 0.1) is 0 Å². The normalized spacial score (nSPS) is 12.8. The standard InChI is InChI=1S/C17H15NO4/c1-18(13-20)17(12-19,15-10-6-3-7-11-15)22-16(21)14-8-4-2-5-9-14/h2-13H,1H3. The van der Waals surface area contributed by atoms with Gasteiger partial charge >= 0.3 is 5.97 Å². The van der Waals surface area contributed by atoms with Crippen molar-refractivity contribution < 1.29 is 19.1 Å². The molecule has 0 saturated heterocycles. The molecule has 0 N–H and O–H groups in total. The molecule has 2 aromatic rings. The summed E-state index contributed by atoms with van der Waals surface area (Å²) in [4.78, 5) is 36.2. The van der Waals surface area contributed by atoms with E-state index in [0.29, 0.717) is 23.8 Å². The van der Waals surface area contributed by atoms with Crippen molar-refractivity contribution in [3.05, 3.63) is 71.8 Å². The monoisotopic (exact) mass is 297 g/mol. The highest BCUT2D eigenvalue weighted by Crippen LogP contribution is 2.27. The number of nitrogens with zero attached hydrogens (tertiary/aromatic N) is 1. The van der Waals surface area contributed by atoms with Crippen LogP contribution in [0.25, 0.3) is 0 Å². The molecule has 0 aliphatic heterocycles. The summed E-state index contributed by atoms with van der Waals surface area (Å²) in [5.41, 5.74) is -1.11. The van der Waals surface area contributed by atoms with Crippen LogP contribution in [0.3, 0.4) is 0 Å². The Kier molecular flexibility index (Phi) is 4.68. The van der Waals surface area contributed by atoms with E-state index in [2.05, 4.69) is 0 Å². The van der Waals surface area contributed by atoms with Gasteiger partial charge in [-0.15, -0.1) is 0 Å². The number of carbonyl (C=O) groups excluding carboxylic acids is 3. The van der Waals surface area contributed by atoms with Gasteiger partial charge in [0, 0.05) is 12.6 Å². The molecule has 0 aromatic heterocycles. The van der Waals surface area contributed by atoms with Crippen molar-refractivity contribution in [3.8, 4) is 0 Å². The first-order valence-corrected chi connectivity index (χ1v) is 6.62. The average molecular weight is 297 g/mol. The predicted octanol–water partition coefficient (Wildman–Crippen LogP) is 1.98. The maximum Gasteiger partial charge on any atom is 0.340 e. The first-order chi connectivity index (χ1) is 10.6. The SMILES string of the molecule is CN(C=O)C(C=O)(OC(=O)c1ccccc1)c1ccccc1. The molecular formula is C17H15NO4. The number of esters is 1. The second-order valence-electron chi connectivity index (χ2n) is 4.65. The second kappa shape index (κ2) is 6.67. The summed E-state index contributed by atoms with van der Waals surface area (Å²) in [6.07, 6.45) is 0.886. The minimum atomic E-state index is -1.80. The van der Waals surface area contributed by atoms with E-state index >= 15 is 0 Å². The third-order valence-electron chi connectivity index (χ3n) is 3.29. The molecule has 0 saturated carbocycles. The van der Waals surface area contributed by atoms with Crippen molar-refractivity contribution in [2.75, 3.05) is 7.05 Å².